The van der Waals surface area contributed by atoms with Gasteiger partial charge in [-0.2, -0.15) is 0 Å². The zero-order valence-corrected chi connectivity index (χ0v) is 10.9. The van der Waals surface area contributed by atoms with Gasteiger partial charge in [0.05, 0.1) is 24.3 Å². The summed E-state index contributed by atoms with van der Waals surface area (Å²) in [6.45, 7) is 1.88. The van der Waals surface area contributed by atoms with Crippen molar-refractivity contribution in [1.82, 2.24) is 0 Å². The molecule has 1 aliphatic carbocycles. The van der Waals surface area contributed by atoms with Gasteiger partial charge < -0.3 is 26.0 Å². The van der Waals surface area contributed by atoms with E-state index in [0.717, 1.165) is 31.4 Å². The van der Waals surface area contributed by atoms with E-state index in [2.05, 4.69) is 0 Å². The number of aliphatic hydroxyl groups is 1. The highest BCUT2D eigenvalue weighted by Crippen LogP contribution is 2.26. The highest BCUT2D eigenvalue weighted by atomic mass is 16.7. The highest BCUT2D eigenvalue weighted by molar-refractivity contribution is 5.06. The smallest absolute Gasteiger partial charge is 0.215 e. The number of rotatable bonds is 3. The third-order valence-electron chi connectivity index (χ3n) is 3.57. The van der Waals surface area contributed by atoms with Crippen LogP contribution >= 0.6 is 0 Å². The van der Waals surface area contributed by atoms with Crippen molar-refractivity contribution in [3.63, 3.8) is 0 Å². The Morgan fingerprint density at radius 1 is 1.50 bits per heavy atom. The van der Waals surface area contributed by atoms with Crippen LogP contribution in [-0.4, -0.2) is 35.7 Å². The Balaban J connectivity index is 1.90. The number of hydrogen-bond acceptors (Lipinski definition) is 5. The van der Waals surface area contributed by atoms with Crippen molar-refractivity contribution in [3.8, 4) is 0 Å². The van der Waals surface area contributed by atoms with Gasteiger partial charge in [-0.3, -0.25) is 0 Å². The molecule has 5 heteroatoms. The van der Waals surface area contributed by atoms with Gasteiger partial charge in [-0.05, 0) is 45.1 Å². The van der Waals surface area contributed by atoms with Gasteiger partial charge in [0.2, 0.25) is 6.29 Å². The lowest BCUT2D eigenvalue weighted by atomic mass is 9.95. The van der Waals surface area contributed by atoms with Crippen LogP contribution in [-0.2, 0) is 9.47 Å². The van der Waals surface area contributed by atoms with E-state index in [1.165, 1.54) is 0 Å². The molecule has 0 amide bonds. The fourth-order valence-corrected chi connectivity index (χ4v) is 2.49. The Morgan fingerprint density at radius 2 is 2.28 bits per heavy atom. The van der Waals surface area contributed by atoms with Crippen molar-refractivity contribution < 1.29 is 14.6 Å². The van der Waals surface area contributed by atoms with Crippen molar-refractivity contribution in [2.24, 2.45) is 11.5 Å². The van der Waals surface area contributed by atoms with Gasteiger partial charge in [0.15, 0.2) is 0 Å². The van der Waals surface area contributed by atoms with Crippen LogP contribution < -0.4 is 11.5 Å². The molecule has 0 aromatic carbocycles. The summed E-state index contributed by atoms with van der Waals surface area (Å²) < 4.78 is 11.6. The molecule has 1 aliphatic heterocycles. The van der Waals surface area contributed by atoms with Crippen LogP contribution in [0.4, 0.5) is 0 Å². The van der Waals surface area contributed by atoms with Crippen molar-refractivity contribution in [2.45, 2.75) is 69.6 Å². The fraction of sp³-hybridized carbons (Fsp3) is 0.846. The minimum absolute atomic E-state index is 0.0391. The molecule has 5 N–H and O–H groups in total. The van der Waals surface area contributed by atoms with Crippen LogP contribution in [0.3, 0.4) is 0 Å². The summed E-state index contributed by atoms with van der Waals surface area (Å²) in [6.07, 6.45) is 5.48. The normalized spacial score (nSPS) is 38.8. The van der Waals surface area contributed by atoms with Gasteiger partial charge in [0, 0.05) is 0 Å². The molecule has 18 heavy (non-hydrogen) atoms. The zero-order chi connectivity index (χ0) is 13.1. The molecule has 2 rings (SSSR count). The summed E-state index contributed by atoms with van der Waals surface area (Å²) >= 11 is 0. The average Bonchev–Trinajstić information content (AvgIpc) is 2.31. The van der Waals surface area contributed by atoms with E-state index >= 15 is 0 Å². The lowest BCUT2D eigenvalue weighted by molar-refractivity contribution is -0.180. The van der Waals surface area contributed by atoms with Gasteiger partial charge in [0.1, 0.15) is 5.76 Å². The maximum atomic E-state index is 9.63. The summed E-state index contributed by atoms with van der Waals surface area (Å²) in [6, 6.07) is -0.299. The van der Waals surface area contributed by atoms with Gasteiger partial charge in [-0.15, -0.1) is 0 Å². The lowest BCUT2D eigenvalue weighted by Crippen LogP contribution is -2.45. The van der Waals surface area contributed by atoms with Crippen LogP contribution in [0.25, 0.3) is 0 Å². The first-order valence-corrected chi connectivity index (χ1v) is 6.77. The summed E-state index contributed by atoms with van der Waals surface area (Å²) in [5.41, 5.74) is 11.8. The van der Waals surface area contributed by atoms with E-state index in [4.69, 9.17) is 20.9 Å². The molecule has 0 spiro atoms. The summed E-state index contributed by atoms with van der Waals surface area (Å²) in [5.74, 6) is 0.748. The van der Waals surface area contributed by atoms with Gasteiger partial charge in [-0.25, -0.2) is 0 Å². The molecule has 0 radical (unpaired) electrons. The van der Waals surface area contributed by atoms with E-state index < -0.39 is 6.29 Å². The number of nitrogens with two attached hydrogens (primary N) is 2. The Morgan fingerprint density at radius 3 is 2.94 bits per heavy atom. The first kappa shape index (κ1) is 13.8. The average molecular weight is 256 g/mol. The van der Waals surface area contributed by atoms with E-state index in [1.807, 2.05) is 13.0 Å². The molecular formula is C13H24N2O3. The van der Waals surface area contributed by atoms with Crippen LogP contribution in [0.1, 0.15) is 39.0 Å². The lowest BCUT2D eigenvalue weighted by Gasteiger charge is -2.35. The third kappa shape index (κ3) is 3.45. The predicted octanol–water partition coefficient (Wildman–Crippen LogP) is 0.611. The molecule has 0 saturated heterocycles. The molecule has 0 aromatic rings. The molecule has 0 unspecified atom stereocenters. The Labute approximate surface area is 108 Å². The molecule has 1 saturated carbocycles. The second kappa shape index (κ2) is 6.02. The second-order valence-corrected chi connectivity index (χ2v) is 5.36. The number of hydrogen-bond donors (Lipinski definition) is 3. The van der Waals surface area contributed by atoms with Crippen LogP contribution in [0, 0.1) is 0 Å². The molecular weight excluding hydrogens is 232 g/mol. The van der Waals surface area contributed by atoms with Crippen LogP contribution in [0.2, 0.25) is 0 Å². The number of aliphatic hydroxyl groups excluding tert-OH is 1. The minimum Gasteiger partial charge on any atom is -0.466 e. The molecule has 2 aliphatic rings. The summed E-state index contributed by atoms with van der Waals surface area (Å²) in [5, 5.41) is 9.63. The predicted molar refractivity (Wildman–Crippen MR) is 68.5 cm³/mol. The summed E-state index contributed by atoms with van der Waals surface area (Å²) in [4.78, 5) is 0. The largest absolute Gasteiger partial charge is 0.466 e. The van der Waals surface area contributed by atoms with E-state index in [0.29, 0.717) is 6.42 Å². The standard InChI is InChI=1S/C13H24N2O3/c1-8(14)12-6-5-11(15)13(18-12)17-10-4-2-3-9(16)7-10/h6,8-11,13,16H,2-5,7,14-15H2,1H3/t8-,9+,10-,11-,13+/m1/s1. The Bertz CT molecular complexity index is 307. The Kier molecular flexibility index (Phi) is 4.61. The summed E-state index contributed by atoms with van der Waals surface area (Å²) in [7, 11) is 0. The van der Waals surface area contributed by atoms with Crippen molar-refractivity contribution >= 4 is 0 Å². The molecule has 1 heterocycles. The monoisotopic (exact) mass is 256 g/mol. The fourth-order valence-electron chi connectivity index (χ4n) is 2.49. The molecule has 0 aromatic heterocycles. The van der Waals surface area contributed by atoms with Crippen molar-refractivity contribution in [2.75, 3.05) is 0 Å². The maximum Gasteiger partial charge on any atom is 0.215 e. The van der Waals surface area contributed by atoms with Crippen molar-refractivity contribution in [1.29, 1.82) is 0 Å². The van der Waals surface area contributed by atoms with Crippen LogP contribution in [0.15, 0.2) is 11.8 Å². The number of ether oxygens (including phenoxy) is 2. The third-order valence-corrected chi connectivity index (χ3v) is 3.57. The topological polar surface area (TPSA) is 90.7 Å². The maximum absolute atomic E-state index is 9.63. The minimum atomic E-state index is -0.439. The first-order chi connectivity index (χ1) is 8.56. The second-order valence-electron chi connectivity index (χ2n) is 5.36. The van der Waals surface area contributed by atoms with Crippen molar-refractivity contribution in [3.05, 3.63) is 11.8 Å². The quantitative estimate of drug-likeness (QED) is 0.688. The molecule has 5 atom stereocenters. The Hall–Kier alpha value is -0.620. The zero-order valence-electron chi connectivity index (χ0n) is 10.9. The SMILES string of the molecule is C[C@@H](N)C1=CC[C@@H](N)[C@@H](O[C@@H]2CCC[C@H](O)C2)O1. The van der Waals surface area contributed by atoms with E-state index in [9.17, 15) is 5.11 Å². The molecule has 0 bridgehead atoms. The first-order valence-electron chi connectivity index (χ1n) is 6.77. The van der Waals surface area contributed by atoms with Gasteiger partial charge in [0.25, 0.3) is 0 Å². The molecule has 104 valence electrons. The molecule has 1 fully saturated rings. The van der Waals surface area contributed by atoms with E-state index in [-0.39, 0.29) is 24.3 Å². The van der Waals surface area contributed by atoms with Gasteiger partial charge >= 0.3 is 0 Å². The van der Waals surface area contributed by atoms with Gasteiger partial charge in [-0.1, -0.05) is 0 Å². The van der Waals surface area contributed by atoms with E-state index in [1.54, 1.807) is 0 Å². The molecule has 5 nitrogen and oxygen atoms in total. The van der Waals surface area contributed by atoms with Crippen LogP contribution in [0.5, 0.6) is 0 Å². The highest BCUT2D eigenvalue weighted by Gasteiger charge is 2.31.